The lowest BCUT2D eigenvalue weighted by Crippen LogP contribution is -2.74. The summed E-state index contributed by atoms with van der Waals surface area (Å²) in [5.74, 6) is -0.272. The number of halogens is 1. The molecule has 0 aliphatic carbocycles. The molecule has 1 saturated heterocycles. The van der Waals surface area contributed by atoms with E-state index >= 15 is 0 Å². The summed E-state index contributed by atoms with van der Waals surface area (Å²) in [4.78, 5) is 0. The van der Waals surface area contributed by atoms with Gasteiger partial charge in [0.05, 0.1) is 0 Å². The largest absolute Gasteiger partial charge is 0.466 e. The van der Waals surface area contributed by atoms with E-state index in [9.17, 15) is 4.39 Å². The average Bonchev–Trinajstić information content (AvgIpc) is 2.83. The zero-order chi connectivity index (χ0) is 20.5. The second-order valence-electron chi connectivity index (χ2n) is 8.14. The van der Waals surface area contributed by atoms with Gasteiger partial charge in [0, 0.05) is 16.8 Å². The molecule has 3 nitrogen and oxygen atoms in total. The van der Waals surface area contributed by atoms with Crippen LogP contribution < -0.4 is 21.1 Å². The first-order valence-electron chi connectivity index (χ1n) is 10.5. The number of para-hydroxylation sites is 1. The Hall–Kier alpha value is -3.28. The van der Waals surface area contributed by atoms with Gasteiger partial charge in [-0.15, -0.1) is 0 Å². The van der Waals surface area contributed by atoms with Gasteiger partial charge in [0.2, 0.25) is 0 Å². The molecule has 3 heterocycles. The zero-order valence-electron chi connectivity index (χ0n) is 16.5. The summed E-state index contributed by atoms with van der Waals surface area (Å²) in [5, 5.41) is 0. The molecule has 144 valence electrons. The lowest BCUT2D eigenvalue weighted by molar-refractivity contribution is 0.437. The van der Waals surface area contributed by atoms with Gasteiger partial charge in [-0.2, -0.15) is 0 Å². The van der Waals surface area contributed by atoms with E-state index in [4.69, 9.17) is 9.14 Å². The summed E-state index contributed by atoms with van der Waals surface area (Å²) < 4.78 is 28.9. The maximum absolute atomic E-state index is 13.5. The van der Waals surface area contributed by atoms with Crippen molar-refractivity contribution in [3.63, 3.8) is 0 Å². The number of hydrogen-bond donors (Lipinski definition) is 0. The zero-order valence-corrected chi connectivity index (χ0v) is 16.5. The predicted molar refractivity (Wildman–Crippen MR) is 125 cm³/mol. The SMILES string of the molecule is Fc1ccc(B2OB3c4ccccc4-c4cccc5c4N3B(O2)c2ccccc2-5)cc1. The maximum Gasteiger partial charge on any atom is 0.466 e. The van der Waals surface area contributed by atoms with Crippen molar-refractivity contribution in [3.05, 3.63) is 96.8 Å². The average molecular weight is 401 g/mol. The van der Waals surface area contributed by atoms with Crippen LogP contribution in [0.4, 0.5) is 10.1 Å². The van der Waals surface area contributed by atoms with E-state index in [1.54, 1.807) is 12.1 Å². The first kappa shape index (κ1) is 17.4. The van der Waals surface area contributed by atoms with Crippen LogP contribution in [0.2, 0.25) is 0 Å². The van der Waals surface area contributed by atoms with Gasteiger partial charge in [-0.05, 0) is 39.6 Å². The normalized spacial score (nSPS) is 15.4. The van der Waals surface area contributed by atoms with Gasteiger partial charge in [-0.3, -0.25) is 0 Å². The van der Waals surface area contributed by atoms with E-state index in [1.165, 1.54) is 34.4 Å². The molecule has 0 bridgehead atoms. The van der Waals surface area contributed by atoms with E-state index in [0.29, 0.717) is 0 Å². The molecule has 4 aromatic carbocycles. The van der Waals surface area contributed by atoms with Crippen LogP contribution in [0.25, 0.3) is 22.3 Å². The van der Waals surface area contributed by atoms with Crippen LogP contribution in [-0.2, 0) is 9.14 Å². The van der Waals surface area contributed by atoms with Crippen LogP contribution in [-0.4, -0.2) is 21.2 Å². The van der Waals surface area contributed by atoms with Gasteiger partial charge in [0.1, 0.15) is 5.82 Å². The van der Waals surface area contributed by atoms with E-state index in [1.807, 2.05) is 12.1 Å². The van der Waals surface area contributed by atoms with E-state index < -0.39 is 7.12 Å². The van der Waals surface area contributed by atoms with Crippen molar-refractivity contribution in [2.24, 2.45) is 0 Å². The molecule has 0 aromatic heterocycles. The summed E-state index contributed by atoms with van der Waals surface area (Å²) in [6.07, 6.45) is 0. The predicted octanol–water partition coefficient (Wildman–Crippen LogP) is 2.83. The molecule has 3 aliphatic heterocycles. The fraction of sp³-hybridized carbons (Fsp3) is 0. The van der Waals surface area contributed by atoms with Gasteiger partial charge in [0.15, 0.2) is 0 Å². The van der Waals surface area contributed by atoms with Gasteiger partial charge in [0.25, 0.3) is 0 Å². The van der Waals surface area contributed by atoms with E-state index in [0.717, 1.165) is 22.1 Å². The highest BCUT2D eigenvalue weighted by molar-refractivity contribution is 7.00. The van der Waals surface area contributed by atoms with Crippen LogP contribution in [0, 0.1) is 5.82 Å². The van der Waals surface area contributed by atoms with E-state index in [2.05, 4.69) is 59.3 Å². The summed E-state index contributed by atoms with van der Waals surface area (Å²) in [6, 6.07) is 29.6. The number of rotatable bonds is 1. The van der Waals surface area contributed by atoms with Gasteiger partial charge >= 0.3 is 21.2 Å². The molecule has 0 amide bonds. The Morgan fingerprint density at radius 1 is 0.581 bits per heavy atom. The highest BCUT2D eigenvalue weighted by atomic mass is 19.1. The molecule has 0 N–H and O–H groups in total. The molecular weight excluding hydrogens is 386 g/mol. The molecule has 7 rings (SSSR count). The summed E-state index contributed by atoms with van der Waals surface area (Å²) in [7, 11) is -1.20. The minimum Gasteiger partial charge on any atom is -0.450 e. The third-order valence-corrected chi connectivity index (χ3v) is 6.48. The minimum absolute atomic E-state index is 0.272. The lowest BCUT2D eigenvalue weighted by Gasteiger charge is -2.49. The molecule has 0 radical (unpaired) electrons. The third kappa shape index (κ3) is 2.39. The van der Waals surface area contributed by atoms with Crippen LogP contribution in [0.1, 0.15) is 0 Å². The summed E-state index contributed by atoms with van der Waals surface area (Å²) in [6.45, 7) is 0. The Balaban J connectivity index is 1.49. The Bertz CT molecular complexity index is 1270. The van der Waals surface area contributed by atoms with Crippen LogP contribution in [0.5, 0.6) is 0 Å². The summed E-state index contributed by atoms with van der Waals surface area (Å²) in [5.41, 5.74) is 8.93. The lowest BCUT2D eigenvalue weighted by atomic mass is 9.47. The molecule has 1 fully saturated rings. The minimum atomic E-state index is -0.597. The molecule has 0 spiro atoms. The van der Waals surface area contributed by atoms with Crippen LogP contribution >= 0.6 is 0 Å². The second-order valence-corrected chi connectivity index (χ2v) is 8.14. The third-order valence-electron chi connectivity index (χ3n) is 6.48. The van der Waals surface area contributed by atoms with Crippen LogP contribution in [0.3, 0.4) is 0 Å². The number of anilines is 1. The van der Waals surface area contributed by atoms with Crippen molar-refractivity contribution in [1.29, 1.82) is 0 Å². The standard InChI is InChI=1S/C24H15B3FNO2/c28-17-14-12-16(13-15-17)27-30-25-22-10-3-1-6-18(22)20-8-5-9-21-19-7-2-4-11-23(19)26(31-27)29(25)24(20)21/h1-15H. The number of fused-ring (bicyclic) bond motifs is 6. The molecule has 0 saturated carbocycles. The summed E-state index contributed by atoms with van der Waals surface area (Å²) >= 11 is 0. The highest BCUT2D eigenvalue weighted by Gasteiger charge is 2.54. The smallest absolute Gasteiger partial charge is 0.450 e. The molecule has 3 aliphatic rings. The van der Waals surface area contributed by atoms with Gasteiger partial charge in [-0.1, -0.05) is 78.9 Å². The van der Waals surface area contributed by atoms with Crippen molar-refractivity contribution < 1.29 is 13.5 Å². The maximum atomic E-state index is 13.5. The van der Waals surface area contributed by atoms with Crippen molar-refractivity contribution >= 4 is 43.3 Å². The Labute approximate surface area is 180 Å². The van der Waals surface area contributed by atoms with Gasteiger partial charge < -0.3 is 13.9 Å². The number of nitrogens with zero attached hydrogens (tertiary/aromatic N) is 1. The monoisotopic (exact) mass is 401 g/mol. The van der Waals surface area contributed by atoms with Crippen molar-refractivity contribution in [1.82, 2.24) is 0 Å². The topological polar surface area (TPSA) is 21.7 Å². The quantitative estimate of drug-likeness (QED) is 0.459. The Morgan fingerprint density at radius 2 is 1.10 bits per heavy atom. The molecule has 7 heteroatoms. The first-order chi connectivity index (χ1) is 15.3. The highest BCUT2D eigenvalue weighted by Crippen LogP contribution is 2.46. The molecule has 0 unspecified atom stereocenters. The second kappa shape index (κ2) is 6.36. The number of hydrogen-bond acceptors (Lipinski definition) is 3. The molecular formula is C24H15B3FNO2. The number of benzene rings is 4. The molecule has 0 atom stereocenters. The van der Waals surface area contributed by atoms with Crippen molar-refractivity contribution in [3.8, 4) is 22.3 Å². The Kier molecular flexibility index (Phi) is 3.57. The van der Waals surface area contributed by atoms with Gasteiger partial charge in [-0.25, -0.2) is 4.39 Å². The first-order valence-corrected chi connectivity index (χ1v) is 10.5. The van der Waals surface area contributed by atoms with Crippen molar-refractivity contribution in [2.45, 2.75) is 0 Å². The fourth-order valence-electron chi connectivity index (χ4n) is 5.15. The molecule has 4 aromatic rings. The Morgan fingerprint density at radius 3 is 1.68 bits per heavy atom. The van der Waals surface area contributed by atoms with Crippen LogP contribution in [0.15, 0.2) is 91.0 Å². The van der Waals surface area contributed by atoms with E-state index in [-0.39, 0.29) is 19.9 Å². The van der Waals surface area contributed by atoms with Crippen molar-refractivity contribution in [2.75, 3.05) is 4.72 Å². The fourth-order valence-corrected chi connectivity index (χ4v) is 5.15. The molecule has 31 heavy (non-hydrogen) atoms.